The summed E-state index contributed by atoms with van der Waals surface area (Å²) in [4.78, 5) is 0. The predicted molar refractivity (Wildman–Crippen MR) is 34.5 cm³/mol. The van der Waals surface area contributed by atoms with E-state index in [9.17, 15) is 4.39 Å². The molecule has 0 spiro atoms. The van der Waals surface area contributed by atoms with E-state index >= 15 is 0 Å². The molecule has 0 N–H and O–H groups in total. The Morgan fingerprint density at radius 2 is 1.56 bits per heavy atom. The molecule has 1 rings (SSSR count). The van der Waals surface area contributed by atoms with E-state index < -0.39 is 6.17 Å². The van der Waals surface area contributed by atoms with E-state index in [2.05, 4.69) is 0 Å². The van der Waals surface area contributed by atoms with Crippen LogP contribution in [0.4, 0.5) is 4.39 Å². The van der Waals surface area contributed by atoms with Gasteiger partial charge in [0.2, 0.25) is 0 Å². The van der Waals surface area contributed by atoms with Crippen LogP contribution in [0.2, 0.25) is 0 Å². The molecule has 0 nitrogen and oxygen atoms in total. The molecule has 0 aromatic carbocycles. The molecule has 0 radical (unpaired) electrons. The maximum Gasteiger partial charge on any atom is 1.00 e. The predicted octanol–water partition coefficient (Wildman–Crippen LogP) is -1.18. The van der Waals surface area contributed by atoms with E-state index in [1.54, 1.807) is 0 Å². The summed E-state index contributed by atoms with van der Waals surface area (Å²) in [7, 11) is 0. The van der Waals surface area contributed by atoms with Crippen LogP contribution in [0.5, 0.6) is 0 Å². The van der Waals surface area contributed by atoms with Gasteiger partial charge in [0.1, 0.15) is 6.17 Å². The Balaban J connectivity index is 0.000000640. The number of alkyl halides is 1. The van der Waals surface area contributed by atoms with E-state index in [1.165, 1.54) is 0 Å². The third kappa shape index (κ3) is 3.55. The standard InChI is InChI=1S/C6H11FS.Li/c7-5-1-3-6(8)4-2-5;/h5-6,8H,1-4H2;/q;+1/p-1. The Bertz CT molecular complexity index is 61.5. The van der Waals surface area contributed by atoms with E-state index in [0.29, 0.717) is 18.1 Å². The molecule has 0 saturated heterocycles. The summed E-state index contributed by atoms with van der Waals surface area (Å²) in [5, 5.41) is 0.363. The van der Waals surface area contributed by atoms with Gasteiger partial charge in [0, 0.05) is 0 Å². The van der Waals surface area contributed by atoms with Crippen LogP contribution in [0, 0.1) is 0 Å². The SMILES string of the molecule is FC1CCC([S-])CC1.[Li+]. The molecular weight excluding hydrogens is 130 g/mol. The third-order valence-corrected chi connectivity index (χ3v) is 2.08. The average molecular weight is 140 g/mol. The molecule has 1 fully saturated rings. The Morgan fingerprint density at radius 3 is 1.89 bits per heavy atom. The van der Waals surface area contributed by atoms with Gasteiger partial charge in [-0.25, -0.2) is 4.39 Å². The largest absolute Gasteiger partial charge is 1.00 e. The van der Waals surface area contributed by atoms with E-state index in [4.69, 9.17) is 12.6 Å². The molecule has 1 aliphatic carbocycles. The van der Waals surface area contributed by atoms with Crippen LogP contribution >= 0.6 is 0 Å². The zero-order valence-electron chi connectivity index (χ0n) is 5.77. The van der Waals surface area contributed by atoms with Gasteiger partial charge in [0.15, 0.2) is 0 Å². The molecule has 0 bridgehead atoms. The van der Waals surface area contributed by atoms with Crippen molar-refractivity contribution < 1.29 is 23.3 Å². The second-order valence-corrected chi connectivity index (χ2v) is 3.04. The van der Waals surface area contributed by atoms with Crippen molar-refractivity contribution in [3.05, 3.63) is 0 Å². The van der Waals surface area contributed by atoms with Crippen LogP contribution in [0.3, 0.4) is 0 Å². The first-order chi connectivity index (χ1) is 3.79. The molecule has 0 aliphatic heterocycles. The van der Waals surface area contributed by atoms with E-state index in [1.807, 2.05) is 0 Å². The van der Waals surface area contributed by atoms with Gasteiger partial charge < -0.3 is 12.6 Å². The topological polar surface area (TPSA) is 0 Å². The monoisotopic (exact) mass is 140 g/mol. The van der Waals surface area contributed by atoms with Crippen molar-refractivity contribution in [1.82, 2.24) is 0 Å². The first-order valence-corrected chi connectivity index (χ1v) is 3.56. The van der Waals surface area contributed by atoms with Crippen LogP contribution in [0.25, 0.3) is 0 Å². The van der Waals surface area contributed by atoms with Gasteiger partial charge in [0.05, 0.1) is 0 Å². The summed E-state index contributed by atoms with van der Waals surface area (Å²) in [6.45, 7) is 0. The van der Waals surface area contributed by atoms with Crippen molar-refractivity contribution in [2.45, 2.75) is 37.1 Å². The minimum Gasteiger partial charge on any atom is -0.789 e. The van der Waals surface area contributed by atoms with Crippen molar-refractivity contribution >= 4 is 12.6 Å². The van der Waals surface area contributed by atoms with Gasteiger partial charge in [-0.15, -0.1) is 0 Å². The summed E-state index contributed by atoms with van der Waals surface area (Å²) in [6, 6.07) is 0. The summed E-state index contributed by atoms with van der Waals surface area (Å²) in [6.07, 6.45) is 2.68. The molecule has 48 valence electrons. The van der Waals surface area contributed by atoms with Crippen molar-refractivity contribution in [3.63, 3.8) is 0 Å². The zero-order valence-corrected chi connectivity index (χ0v) is 6.59. The first-order valence-electron chi connectivity index (χ1n) is 3.09. The smallest absolute Gasteiger partial charge is 0.789 e. The number of hydrogen-bond acceptors (Lipinski definition) is 1. The van der Waals surface area contributed by atoms with Gasteiger partial charge in [-0.3, -0.25) is 0 Å². The van der Waals surface area contributed by atoms with Crippen LogP contribution in [0.1, 0.15) is 25.7 Å². The number of rotatable bonds is 0. The Labute approximate surface area is 73.2 Å². The minimum absolute atomic E-state index is 0. The van der Waals surface area contributed by atoms with Crippen LogP contribution < -0.4 is 18.9 Å². The van der Waals surface area contributed by atoms with Crippen molar-refractivity contribution in [1.29, 1.82) is 0 Å². The van der Waals surface area contributed by atoms with Gasteiger partial charge in [-0.2, -0.15) is 5.25 Å². The molecule has 1 saturated carbocycles. The summed E-state index contributed by atoms with van der Waals surface area (Å²) >= 11 is 4.98. The molecule has 0 aromatic heterocycles. The van der Waals surface area contributed by atoms with Crippen LogP contribution in [-0.4, -0.2) is 11.4 Å². The second-order valence-electron chi connectivity index (χ2n) is 2.37. The molecule has 0 heterocycles. The molecule has 0 atom stereocenters. The van der Waals surface area contributed by atoms with Crippen LogP contribution in [-0.2, 0) is 12.6 Å². The molecule has 3 heteroatoms. The van der Waals surface area contributed by atoms with Crippen molar-refractivity contribution in [2.24, 2.45) is 0 Å². The van der Waals surface area contributed by atoms with E-state index in [0.717, 1.165) is 12.8 Å². The van der Waals surface area contributed by atoms with Crippen molar-refractivity contribution in [3.8, 4) is 0 Å². The molecule has 0 aromatic rings. The Hall–Kier alpha value is 0.877. The average Bonchev–Trinajstić information content (AvgIpc) is 1.77. The Kier molecular flexibility index (Phi) is 5.11. The minimum atomic E-state index is -0.547. The Morgan fingerprint density at radius 1 is 1.11 bits per heavy atom. The zero-order chi connectivity index (χ0) is 5.98. The molecule has 0 unspecified atom stereocenters. The molecule has 0 amide bonds. The summed E-state index contributed by atoms with van der Waals surface area (Å²) < 4.78 is 12.3. The fourth-order valence-electron chi connectivity index (χ4n) is 1.02. The number of hydrogen-bond donors (Lipinski definition) is 0. The van der Waals surface area contributed by atoms with Gasteiger partial charge in [-0.1, -0.05) is 12.8 Å². The second kappa shape index (κ2) is 4.66. The van der Waals surface area contributed by atoms with Gasteiger partial charge in [0.25, 0.3) is 0 Å². The summed E-state index contributed by atoms with van der Waals surface area (Å²) in [5.74, 6) is 0. The van der Waals surface area contributed by atoms with Crippen molar-refractivity contribution in [2.75, 3.05) is 0 Å². The summed E-state index contributed by atoms with van der Waals surface area (Å²) in [5.41, 5.74) is 0. The molecule has 9 heavy (non-hydrogen) atoms. The third-order valence-electron chi connectivity index (χ3n) is 1.60. The quantitative estimate of drug-likeness (QED) is 0.301. The normalized spacial score (nSPS) is 35.3. The molecular formula is C6H10FLiS. The maximum absolute atomic E-state index is 12.3. The fraction of sp³-hybridized carbons (Fsp3) is 1.00. The van der Waals surface area contributed by atoms with Gasteiger partial charge in [-0.05, 0) is 12.8 Å². The van der Waals surface area contributed by atoms with Gasteiger partial charge >= 0.3 is 18.9 Å². The van der Waals surface area contributed by atoms with E-state index in [-0.39, 0.29) is 18.9 Å². The fourth-order valence-corrected chi connectivity index (χ4v) is 1.29. The maximum atomic E-state index is 12.3. The first kappa shape index (κ1) is 9.88. The molecule has 1 aliphatic rings. The van der Waals surface area contributed by atoms with Crippen LogP contribution in [0.15, 0.2) is 0 Å². The number of halogens is 1.